The van der Waals surface area contributed by atoms with Crippen molar-refractivity contribution in [3.05, 3.63) is 62.8 Å². The highest BCUT2D eigenvalue weighted by Gasteiger charge is 2.19. The van der Waals surface area contributed by atoms with Gasteiger partial charge in [-0.1, -0.05) is 18.2 Å². The van der Waals surface area contributed by atoms with Crippen LogP contribution in [0.3, 0.4) is 0 Å². The minimum absolute atomic E-state index is 0.0203. The molecule has 0 radical (unpaired) electrons. The summed E-state index contributed by atoms with van der Waals surface area (Å²) in [6.07, 6.45) is 0. The first kappa shape index (κ1) is 14.6. The molecule has 6 heteroatoms. The van der Waals surface area contributed by atoms with Gasteiger partial charge in [0, 0.05) is 10.9 Å². The predicted molar refractivity (Wildman–Crippen MR) is 87.0 cm³/mol. The number of benzene rings is 1. The molecule has 4 nitrogen and oxygen atoms in total. The Labute approximate surface area is 134 Å². The fourth-order valence-electron chi connectivity index (χ4n) is 2.07. The molecule has 0 aliphatic carbocycles. The molecule has 0 aliphatic rings. The van der Waals surface area contributed by atoms with Crippen LogP contribution in [-0.4, -0.2) is 21.8 Å². The number of thiazole rings is 1. The molecule has 0 unspecified atom stereocenters. The molecule has 2 aromatic heterocycles. The maximum atomic E-state index is 12.6. The van der Waals surface area contributed by atoms with E-state index in [0.29, 0.717) is 4.88 Å². The van der Waals surface area contributed by atoms with Gasteiger partial charge in [0.25, 0.3) is 0 Å². The van der Waals surface area contributed by atoms with Crippen molar-refractivity contribution in [1.29, 1.82) is 0 Å². The number of aromatic nitrogens is 1. The van der Waals surface area contributed by atoms with Crippen LogP contribution in [-0.2, 0) is 0 Å². The minimum atomic E-state index is -1.10. The Morgan fingerprint density at radius 1 is 1.09 bits per heavy atom. The number of hydrogen-bond donors (Lipinski definition) is 1. The average Bonchev–Trinajstić information content (AvgIpc) is 3.15. The smallest absolute Gasteiger partial charge is 0.336 e. The number of aromatic carboxylic acids is 1. The van der Waals surface area contributed by atoms with Crippen molar-refractivity contribution >= 4 is 34.4 Å². The molecule has 0 bridgehead atoms. The number of nitrogens with zero attached hydrogens (tertiary/aromatic N) is 1. The second-order valence-corrected chi connectivity index (χ2v) is 6.74. The molecule has 2 heterocycles. The van der Waals surface area contributed by atoms with Crippen LogP contribution in [0, 0.1) is 6.92 Å². The van der Waals surface area contributed by atoms with Crippen LogP contribution in [0.5, 0.6) is 0 Å². The third kappa shape index (κ3) is 2.70. The number of rotatable bonds is 4. The lowest BCUT2D eigenvalue weighted by atomic mass is 10.0. The zero-order valence-electron chi connectivity index (χ0n) is 11.6. The van der Waals surface area contributed by atoms with Crippen molar-refractivity contribution in [3.8, 4) is 10.6 Å². The van der Waals surface area contributed by atoms with E-state index in [1.807, 2.05) is 18.4 Å². The summed E-state index contributed by atoms with van der Waals surface area (Å²) in [7, 11) is 0. The summed E-state index contributed by atoms with van der Waals surface area (Å²) in [6, 6.07) is 9.81. The summed E-state index contributed by atoms with van der Waals surface area (Å²) < 4.78 is 0. The summed E-state index contributed by atoms with van der Waals surface area (Å²) in [5.41, 5.74) is 1.07. The third-order valence-corrected chi connectivity index (χ3v) is 4.98. The minimum Gasteiger partial charge on any atom is -0.478 e. The average molecular weight is 329 g/mol. The molecule has 22 heavy (non-hydrogen) atoms. The van der Waals surface area contributed by atoms with Crippen LogP contribution in [0.25, 0.3) is 10.6 Å². The first-order valence-corrected chi connectivity index (χ1v) is 8.15. The number of ketones is 1. The SMILES string of the molecule is Cc1nc(-c2ccc(C(=O)c3ccccc3C(=O)O)s2)cs1. The molecule has 3 rings (SSSR count). The number of aryl methyl sites for hydroxylation is 1. The molecule has 1 N–H and O–H groups in total. The molecule has 0 atom stereocenters. The summed E-state index contributed by atoms with van der Waals surface area (Å²) in [5.74, 6) is -1.38. The Balaban J connectivity index is 1.97. The number of carboxylic acid groups (broad SMARTS) is 1. The molecule has 0 spiro atoms. The van der Waals surface area contributed by atoms with E-state index in [4.69, 9.17) is 0 Å². The van der Waals surface area contributed by atoms with Crippen molar-refractivity contribution in [2.24, 2.45) is 0 Å². The van der Waals surface area contributed by atoms with Gasteiger partial charge in [-0.15, -0.1) is 22.7 Å². The monoisotopic (exact) mass is 329 g/mol. The summed E-state index contributed by atoms with van der Waals surface area (Å²) >= 11 is 2.88. The van der Waals surface area contributed by atoms with Gasteiger partial charge in [-0.25, -0.2) is 9.78 Å². The van der Waals surface area contributed by atoms with Gasteiger partial charge >= 0.3 is 5.97 Å². The van der Waals surface area contributed by atoms with Crippen molar-refractivity contribution in [3.63, 3.8) is 0 Å². The first-order valence-electron chi connectivity index (χ1n) is 6.45. The van der Waals surface area contributed by atoms with E-state index in [2.05, 4.69) is 4.98 Å². The molecule has 110 valence electrons. The van der Waals surface area contributed by atoms with E-state index in [1.165, 1.54) is 23.5 Å². The van der Waals surface area contributed by atoms with Gasteiger partial charge in [-0.2, -0.15) is 0 Å². The van der Waals surface area contributed by atoms with Gasteiger partial charge in [0.05, 0.1) is 26.0 Å². The molecule has 0 saturated carbocycles. The second kappa shape index (κ2) is 5.82. The number of hydrogen-bond acceptors (Lipinski definition) is 5. The lowest BCUT2D eigenvalue weighted by Gasteiger charge is -2.02. The quantitative estimate of drug-likeness (QED) is 0.732. The number of carboxylic acids is 1. The molecule has 1 aromatic carbocycles. The zero-order chi connectivity index (χ0) is 15.7. The molecule has 0 amide bonds. The largest absolute Gasteiger partial charge is 0.478 e. The Bertz CT molecular complexity index is 864. The summed E-state index contributed by atoms with van der Waals surface area (Å²) in [5, 5.41) is 12.1. The van der Waals surface area contributed by atoms with Crippen molar-refractivity contribution in [2.75, 3.05) is 0 Å². The Morgan fingerprint density at radius 3 is 2.45 bits per heavy atom. The Morgan fingerprint density at radius 2 is 1.82 bits per heavy atom. The molecular formula is C16H11NO3S2. The zero-order valence-corrected chi connectivity index (χ0v) is 13.2. The molecular weight excluding hydrogens is 318 g/mol. The van der Waals surface area contributed by atoms with E-state index in [0.717, 1.165) is 15.6 Å². The van der Waals surface area contributed by atoms with Crippen molar-refractivity contribution in [2.45, 2.75) is 6.92 Å². The number of carbonyl (C=O) groups excluding carboxylic acids is 1. The van der Waals surface area contributed by atoms with Crippen LogP contribution in [0.2, 0.25) is 0 Å². The molecule has 0 saturated heterocycles. The highest BCUT2D eigenvalue weighted by atomic mass is 32.1. The van der Waals surface area contributed by atoms with Gasteiger partial charge in [0.15, 0.2) is 0 Å². The highest BCUT2D eigenvalue weighted by Crippen LogP contribution is 2.30. The number of thiophene rings is 1. The van der Waals surface area contributed by atoms with Crippen LogP contribution >= 0.6 is 22.7 Å². The first-order chi connectivity index (χ1) is 10.6. The summed E-state index contributed by atoms with van der Waals surface area (Å²) in [4.78, 5) is 29.6. The Kier molecular flexibility index (Phi) is 3.87. The summed E-state index contributed by atoms with van der Waals surface area (Å²) in [6.45, 7) is 1.93. The third-order valence-electron chi connectivity index (χ3n) is 3.10. The van der Waals surface area contributed by atoms with Gasteiger partial charge < -0.3 is 5.11 Å². The standard InChI is InChI=1S/C16H11NO3S2/c1-9-17-12(8-21-9)13-6-7-14(22-13)15(18)10-4-2-3-5-11(10)16(19)20/h2-8H,1H3,(H,19,20). The predicted octanol–water partition coefficient (Wildman–Crippen LogP) is 4.11. The van der Waals surface area contributed by atoms with E-state index in [-0.39, 0.29) is 16.9 Å². The maximum absolute atomic E-state index is 12.6. The fraction of sp³-hybridized carbons (Fsp3) is 0.0625. The molecule has 0 aliphatic heterocycles. The van der Waals surface area contributed by atoms with E-state index in [9.17, 15) is 14.7 Å². The second-order valence-electron chi connectivity index (χ2n) is 4.60. The van der Waals surface area contributed by atoms with Crippen molar-refractivity contribution < 1.29 is 14.7 Å². The topological polar surface area (TPSA) is 67.3 Å². The van der Waals surface area contributed by atoms with Gasteiger partial charge in [0.1, 0.15) is 0 Å². The van der Waals surface area contributed by atoms with Crippen LogP contribution in [0.1, 0.15) is 30.6 Å². The van der Waals surface area contributed by atoms with Gasteiger partial charge in [-0.05, 0) is 25.1 Å². The molecule has 3 aromatic rings. The van der Waals surface area contributed by atoms with Crippen molar-refractivity contribution in [1.82, 2.24) is 4.98 Å². The van der Waals surface area contributed by atoms with Crippen LogP contribution in [0.4, 0.5) is 0 Å². The number of carbonyl (C=O) groups is 2. The van der Waals surface area contributed by atoms with Gasteiger partial charge in [0.2, 0.25) is 5.78 Å². The lowest BCUT2D eigenvalue weighted by molar-refractivity contribution is 0.0693. The van der Waals surface area contributed by atoms with Crippen LogP contribution < -0.4 is 0 Å². The van der Waals surface area contributed by atoms with E-state index < -0.39 is 5.97 Å². The van der Waals surface area contributed by atoms with Crippen LogP contribution in [0.15, 0.2) is 41.8 Å². The highest BCUT2D eigenvalue weighted by molar-refractivity contribution is 7.18. The normalized spacial score (nSPS) is 10.6. The fourth-order valence-corrected chi connectivity index (χ4v) is 3.68. The Hall–Kier alpha value is -2.31. The lowest BCUT2D eigenvalue weighted by Crippen LogP contribution is -2.08. The van der Waals surface area contributed by atoms with E-state index in [1.54, 1.807) is 29.5 Å². The maximum Gasteiger partial charge on any atom is 0.336 e. The molecule has 0 fully saturated rings. The van der Waals surface area contributed by atoms with E-state index >= 15 is 0 Å². The van der Waals surface area contributed by atoms with Gasteiger partial charge in [-0.3, -0.25) is 4.79 Å².